The van der Waals surface area contributed by atoms with E-state index in [9.17, 15) is 9.59 Å². The number of hydrogen-bond donors (Lipinski definition) is 2. The minimum Gasteiger partial charge on any atom is -0.481 e. The number of pyridine rings is 1. The Morgan fingerprint density at radius 3 is 2.60 bits per heavy atom. The van der Waals surface area contributed by atoms with Crippen LogP contribution in [0.3, 0.4) is 0 Å². The fourth-order valence-corrected chi connectivity index (χ4v) is 1.45. The lowest BCUT2D eigenvalue weighted by molar-refractivity contribution is -0.146. The summed E-state index contributed by atoms with van der Waals surface area (Å²) < 4.78 is 0. The number of aliphatic carboxylic acids is 1. The van der Waals surface area contributed by atoms with Gasteiger partial charge in [-0.3, -0.25) is 9.59 Å². The summed E-state index contributed by atoms with van der Waals surface area (Å²) >= 11 is 5.74. The molecule has 0 aliphatic rings. The number of carbonyl (C=O) groups excluding carboxylic acids is 1. The second-order valence-corrected chi connectivity index (χ2v) is 5.59. The van der Waals surface area contributed by atoms with Crippen LogP contribution in [0.5, 0.6) is 0 Å². The first-order valence-electron chi connectivity index (χ1n) is 6.05. The predicted octanol–water partition coefficient (Wildman–Crippen LogP) is 1.40. The van der Waals surface area contributed by atoms with Crippen LogP contribution in [0.15, 0.2) is 18.3 Å². The van der Waals surface area contributed by atoms with Crippen molar-refractivity contribution in [3.63, 3.8) is 0 Å². The molecule has 1 aromatic heterocycles. The molecule has 0 aromatic carbocycles. The number of hydrogen-bond acceptors (Lipinski definition) is 4. The molecule has 110 valence electrons. The van der Waals surface area contributed by atoms with Gasteiger partial charge >= 0.3 is 5.97 Å². The molecule has 0 spiro atoms. The maximum absolute atomic E-state index is 11.8. The highest BCUT2D eigenvalue weighted by atomic mass is 35.5. The molecule has 0 atom stereocenters. The lowest BCUT2D eigenvalue weighted by Gasteiger charge is -2.21. The van der Waals surface area contributed by atoms with E-state index < -0.39 is 11.4 Å². The molecule has 0 fully saturated rings. The zero-order valence-electron chi connectivity index (χ0n) is 11.7. The average Bonchev–Trinajstić information content (AvgIpc) is 2.37. The molecule has 0 aliphatic heterocycles. The van der Waals surface area contributed by atoms with Crippen LogP contribution in [0.2, 0.25) is 5.02 Å². The minimum atomic E-state index is -0.993. The van der Waals surface area contributed by atoms with Crippen LogP contribution < -0.4 is 10.2 Å². The Balaban J connectivity index is 2.50. The third kappa shape index (κ3) is 4.70. The lowest BCUT2D eigenvalue weighted by atomic mass is 9.94. The van der Waals surface area contributed by atoms with E-state index in [-0.39, 0.29) is 19.0 Å². The van der Waals surface area contributed by atoms with Crippen molar-refractivity contribution in [2.45, 2.75) is 13.8 Å². The molecule has 1 rings (SSSR count). The Bertz CT molecular complexity index is 488. The molecular weight excluding hydrogens is 282 g/mol. The van der Waals surface area contributed by atoms with E-state index in [1.165, 1.54) is 6.20 Å². The van der Waals surface area contributed by atoms with Gasteiger partial charge in [0.05, 0.1) is 17.0 Å². The Morgan fingerprint density at radius 2 is 2.10 bits per heavy atom. The Labute approximate surface area is 122 Å². The van der Waals surface area contributed by atoms with E-state index >= 15 is 0 Å². The van der Waals surface area contributed by atoms with Crippen LogP contribution in [-0.2, 0) is 9.59 Å². The molecule has 0 aliphatic carbocycles. The highest BCUT2D eigenvalue weighted by molar-refractivity contribution is 6.30. The van der Waals surface area contributed by atoms with Gasteiger partial charge in [0.2, 0.25) is 5.91 Å². The topological polar surface area (TPSA) is 82.5 Å². The molecule has 6 nitrogen and oxygen atoms in total. The summed E-state index contributed by atoms with van der Waals surface area (Å²) in [5.74, 6) is -0.605. The molecule has 0 bridgehead atoms. The molecule has 0 radical (unpaired) electrons. The van der Waals surface area contributed by atoms with Crippen molar-refractivity contribution in [3.8, 4) is 0 Å². The summed E-state index contributed by atoms with van der Waals surface area (Å²) in [4.78, 5) is 28.4. The average molecular weight is 300 g/mol. The van der Waals surface area contributed by atoms with E-state index in [0.717, 1.165) is 0 Å². The Kier molecular flexibility index (Phi) is 5.33. The third-order valence-corrected chi connectivity index (χ3v) is 3.01. The van der Waals surface area contributed by atoms with E-state index in [0.29, 0.717) is 10.8 Å². The standard InChI is InChI=1S/C13H18ClN3O3/c1-13(2,12(19)20)8-16-11(18)7-17(3)10-5-4-9(14)6-15-10/h4-6H,7-8H2,1-3H3,(H,16,18)(H,19,20). The minimum absolute atomic E-state index is 0.0725. The van der Waals surface area contributed by atoms with Crippen molar-refractivity contribution in [2.75, 3.05) is 25.0 Å². The normalized spacial score (nSPS) is 11.0. The van der Waals surface area contributed by atoms with Gasteiger partial charge in [0.1, 0.15) is 5.82 Å². The summed E-state index contributed by atoms with van der Waals surface area (Å²) in [6, 6.07) is 3.39. The molecule has 1 amide bonds. The largest absolute Gasteiger partial charge is 0.481 e. The fraction of sp³-hybridized carbons (Fsp3) is 0.462. The lowest BCUT2D eigenvalue weighted by Crippen LogP contribution is -2.42. The number of anilines is 1. The molecule has 7 heteroatoms. The number of nitrogens with zero attached hydrogens (tertiary/aromatic N) is 2. The van der Waals surface area contributed by atoms with Gasteiger partial charge in [-0.25, -0.2) is 4.98 Å². The van der Waals surface area contributed by atoms with Crippen molar-refractivity contribution < 1.29 is 14.7 Å². The molecule has 1 aromatic rings. The number of carboxylic acids is 1. The van der Waals surface area contributed by atoms with Crippen molar-refractivity contribution in [2.24, 2.45) is 5.41 Å². The van der Waals surface area contributed by atoms with Gasteiger partial charge in [-0.2, -0.15) is 0 Å². The third-order valence-electron chi connectivity index (χ3n) is 2.79. The fourth-order valence-electron chi connectivity index (χ4n) is 1.34. The quantitative estimate of drug-likeness (QED) is 0.829. The summed E-state index contributed by atoms with van der Waals surface area (Å²) in [5, 5.41) is 12.1. The van der Waals surface area contributed by atoms with Gasteiger partial charge in [0.25, 0.3) is 0 Å². The van der Waals surface area contributed by atoms with Gasteiger partial charge in [-0.1, -0.05) is 11.6 Å². The number of carboxylic acid groups (broad SMARTS) is 1. The van der Waals surface area contributed by atoms with Crippen LogP contribution in [-0.4, -0.2) is 42.1 Å². The number of halogens is 1. The van der Waals surface area contributed by atoms with Gasteiger partial charge < -0.3 is 15.3 Å². The monoisotopic (exact) mass is 299 g/mol. The first-order chi connectivity index (χ1) is 9.22. The summed E-state index contributed by atoms with van der Waals surface area (Å²) in [7, 11) is 1.72. The number of rotatable bonds is 6. The van der Waals surface area contributed by atoms with Crippen molar-refractivity contribution in [3.05, 3.63) is 23.4 Å². The van der Waals surface area contributed by atoms with Crippen molar-refractivity contribution in [1.82, 2.24) is 10.3 Å². The Hall–Kier alpha value is -1.82. The SMILES string of the molecule is CN(CC(=O)NCC(C)(C)C(=O)O)c1ccc(Cl)cn1. The first-order valence-corrected chi connectivity index (χ1v) is 6.43. The number of amides is 1. The van der Waals surface area contributed by atoms with E-state index in [4.69, 9.17) is 16.7 Å². The van der Waals surface area contributed by atoms with Gasteiger partial charge in [-0.05, 0) is 26.0 Å². The highest BCUT2D eigenvalue weighted by Gasteiger charge is 2.27. The second kappa shape index (κ2) is 6.56. The van der Waals surface area contributed by atoms with Crippen LogP contribution in [0.25, 0.3) is 0 Å². The number of aromatic nitrogens is 1. The molecule has 0 unspecified atom stereocenters. The molecular formula is C13H18ClN3O3. The number of likely N-dealkylation sites (N-methyl/N-ethyl adjacent to an activating group) is 1. The summed E-state index contributed by atoms with van der Waals surface area (Å²) in [5.41, 5.74) is -0.993. The molecule has 1 heterocycles. The summed E-state index contributed by atoms with van der Waals surface area (Å²) in [6.07, 6.45) is 1.50. The van der Waals surface area contributed by atoms with Crippen LogP contribution in [0.4, 0.5) is 5.82 Å². The Morgan fingerprint density at radius 1 is 1.45 bits per heavy atom. The van der Waals surface area contributed by atoms with Crippen LogP contribution >= 0.6 is 11.6 Å². The predicted molar refractivity (Wildman–Crippen MR) is 76.9 cm³/mol. The zero-order valence-corrected chi connectivity index (χ0v) is 12.4. The second-order valence-electron chi connectivity index (χ2n) is 5.16. The van der Waals surface area contributed by atoms with E-state index in [1.54, 1.807) is 37.9 Å². The molecule has 0 saturated heterocycles. The first kappa shape index (κ1) is 16.2. The number of nitrogens with one attached hydrogen (secondary N) is 1. The maximum atomic E-state index is 11.8. The molecule has 0 saturated carbocycles. The van der Waals surface area contributed by atoms with Crippen molar-refractivity contribution in [1.29, 1.82) is 0 Å². The van der Waals surface area contributed by atoms with Gasteiger partial charge in [0.15, 0.2) is 0 Å². The smallest absolute Gasteiger partial charge is 0.310 e. The van der Waals surface area contributed by atoms with Crippen molar-refractivity contribution >= 4 is 29.3 Å². The van der Waals surface area contributed by atoms with Crippen LogP contribution in [0.1, 0.15) is 13.8 Å². The zero-order chi connectivity index (χ0) is 15.3. The van der Waals surface area contributed by atoms with Gasteiger partial charge in [-0.15, -0.1) is 0 Å². The maximum Gasteiger partial charge on any atom is 0.310 e. The molecule has 20 heavy (non-hydrogen) atoms. The van der Waals surface area contributed by atoms with E-state index in [2.05, 4.69) is 10.3 Å². The number of carbonyl (C=O) groups is 2. The summed E-state index contributed by atoms with van der Waals surface area (Å²) in [6.45, 7) is 3.27. The molecule has 2 N–H and O–H groups in total. The van der Waals surface area contributed by atoms with Gasteiger partial charge in [0, 0.05) is 19.8 Å². The van der Waals surface area contributed by atoms with Crippen LogP contribution in [0, 0.1) is 5.41 Å². The highest BCUT2D eigenvalue weighted by Crippen LogP contribution is 2.14. The van der Waals surface area contributed by atoms with E-state index in [1.807, 2.05) is 0 Å².